The highest BCUT2D eigenvalue weighted by molar-refractivity contribution is 5.97. The van der Waals surface area contributed by atoms with E-state index in [-0.39, 0.29) is 18.6 Å². The summed E-state index contributed by atoms with van der Waals surface area (Å²) in [7, 11) is 0. The molecule has 0 aliphatic carbocycles. The molecule has 4 heteroatoms. The zero-order valence-corrected chi connectivity index (χ0v) is 12.3. The molecule has 22 heavy (non-hydrogen) atoms. The van der Waals surface area contributed by atoms with Gasteiger partial charge in [-0.2, -0.15) is 5.26 Å². The van der Waals surface area contributed by atoms with Crippen LogP contribution in [-0.4, -0.2) is 18.6 Å². The van der Waals surface area contributed by atoms with Gasteiger partial charge >= 0.3 is 0 Å². The molecule has 0 N–H and O–H groups in total. The highest BCUT2D eigenvalue weighted by Crippen LogP contribution is 2.31. The molecule has 1 aliphatic heterocycles. The number of nitrogens with zero attached hydrogens (tertiary/aromatic N) is 2. The van der Waals surface area contributed by atoms with E-state index in [1.54, 1.807) is 29.2 Å². The third-order valence-electron chi connectivity index (χ3n) is 3.83. The zero-order valence-electron chi connectivity index (χ0n) is 12.3. The van der Waals surface area contributed by atoms with Crippen molar-refractivity contribution < 1.29 is 9.53 Å². The van der Waals surface area contributed by atoms with E-state index < -0.39 is 0 Å². The maximum absolute atomic E-state index is 12.5. The van der Waals surface area contributed by atoms with Crippen molar-refractivity contribution in [3.63, 3.8) is 0 Å². The van der Waals surface area contributed by atoms with Crippen molar-refractivity contribution in [1.82, 2.24) is 0 Å². The molecule has 0 radical (unpaired) electrons. The number of rotatable bonds is 3. The van der Waals surface area contributed by atoms with Crippen molar-refractivity contribution in [1.29, 1.82) is 5.26 Å². The number of para-hydroxylation sites is 2. The summed E-state index contributed by atoms with van der Waals surface area (Å²) < 4.78 is 5.55. The van der Waals surface area contributed by atoms with Crippen molar-refractivity contribution >= 4 is 11.6 Å². The van der Waals surface area contributed by atoms with Crippen LogP contribution in [0.1, 0.15) is 18.1 Å². The average molecular weight is 292 g/mol. The Kier molecular flexibility index (Phi) is 3.80. The lowest BCUT2D eigenvalue weighted by atomic mass is 10.1. The van der Waals surface area contributed by atoms with Crippen LogP contribution >= 0.6 is 0 Å². The number of carbonyl (C=O) groups is 1. The highest BCUT2D eigenvalue weighted by Gasteiger charge is 2.30. The molecule has 0 bridgehead atoms. The SMILES string of the molecule is CC1Cc2ccccc2N1C(=O)COc1ccccc1C#N. The molecule has 0 saturated carbocycles. The molecule has 1 heterocycles. The molecule has 3 rings (SSSR count). The molecule has 4 nitrogen and oxygen atoms in total. The fourth-order valence-corrected chi connectivity index (χ4v) is 2.84. The first kappa shape index (κ1) is 14.2. The van der Waals surface area contributed by atoms with E-state index >= 15 is 0 Å². The maximum Gasteiger partial charge on any atom is 0.265 e. The third-order valence-corrected chi connectivity index (χ3v) is 3.83. The zero-order chi connectivity index (χ0) is 15.5. The minimum atomic E-state index is -0.0924. The average Bonchev–Trinajstić information content (AvgIpc) is 2.88. The van der Waals surface area contributed by atoms with Crippen molar-refractivity contribution in [3.05, 3.63) is 59.7 Å². The summed E-state index contributed by atoms with van der Waals surface area (Å²) in [6, 6.07) is 17.0. The van der Waals surface area contributed by atoms with Crippen LogP contribution in [0.2, 0.25) is 0 Å². The number of nitriles is 1. The maximum atomic E-state index is 12.5. The summed E-state index contributed by atoms with van der Waals surface area (Å²) in [5, 5.41) is 9.04. The lowest BCUT2D eigenvalue weighted by Gasteiger charge is -2.22. The Balaban J connectivity index is 1.74. The van der Waals surface area contributed by atoms with E-state index in [1.165, 1.54) is 5.56 Å². The van der Waals surface area contributed by atoms with Crippen molar-refractivity contribution in [2.45, 2.75) is 19.4 Å². The van der Waals surface area contributed by atoms with Crippen LogP contribution in [0.25, 0.3) is 0 Å². The Morgan fingerprint density at radius 1 is 1.27 bits per heavy atom. The second-order valence-electron chi connectivity index (χ2n) is 5.34. The number of anilines is 1. The number of fused-ring (bicyclic) bond motifs is 1. The summed E-state index contributed by atoms with van der Waals surface area (Å²) in [6.07, 6.45) is 0.858. The molecule has 0 saturated heterocycles. The fourth-order valence-electron chi connectivity index (χ4n) is 2.84. The van der Waals surface area contributed by atoms with Gasteiger partial charge in [0.25, 0.3) is 5.91 Å². The van der Waals surface area contributed by atoms with E-state index in [9.17, 15) is 4.79 Å². The molecule has 1 aliphatic rings. The quantitative estimate of drug-likeness (QED) is 0.874. The van der Waals surface area contributed by atoms with Crippen LogP contribution in [0.5, 0.6) is 5.75 Å². The summed E-state index contributed by atoms with van der Waals surface area (Å²) in [6.45, 7) is 1.96. The predicted molar refractivity (Wildman–Crippen MR) is 83.7 cm³/mol. The third kappa shape index (κ3) is 2.53. The lowest BCUT2D eigenvalue weighted by Crippen LogP contribution is -2.39. The van der Waals surface area contributed by atoms with E-state index in [4.69, 9.17) is 10.00 Å². The number of amides is 1. The van der Waals surface area contributed by atoms with Gasteiger partial charge < -0.3 is 9.64 Å². The molecule has 1 atom stereocenters. The van der Waals surface area contributed by atoms with Crippen LogP contribution in [-0.2, 0) is 11.2 Å². The van der Waals surface area contributed by atoms with Gasteiger partial charge in [0.05, 0.1) is 5.56 Å². The molecular formula is C18H16N2O2. The van der Waals surface area contributed by atoms with Gasteiger partial charge in [-0.3, -0.25) is 4.79 Å². The molecule has 1 unspecified atom stereocenters. The number of ether oxygens (including phenoxy) is 1. The largest absolute Gasteiger partial charge is 0.482 e. The summed E-state index contributed by atoms with van der Waals surface area (Å²) in [5.74, 6) is 0.351. The van der Waals surface area contributed by atoms with E-state index in [1.807, 2.05) is 31.2 Å². The van der Waals surface area contributed by atoms with Gasteiger partial charge in [-0.25, -0.2) is 0 Å². The number of carbonyl (C=O) groups excluding carboxylic acids is 1. The van der Waals surface area contributed by atoms with Gasteiger partial charge in [-0.05, 0) is 37.1 Å². The first-order valence-electron chi connectivity index (χ1n) is 7.22. The van der Waals surface area contributed by atoms with Gasteiger partial charge in [0, 0.05) is 11.7 Å². The van der Waals surface area contributed by atoms with Gasteiger partial charge in [0.1, 0.15) is 11.8 Å². The van der Waals surface area contributed by atoms with Gasteiger partial charge in [0.2, 0.25) is 0 Å². The van der Waals surface area contributed by atoms with Crippen molar-refractivity contribution in [2.24, 2.45) is 0 Å². The van der Waals surface area contributed by atoms with Crippen molar-refractivity contribution in [2.75, 3.05) is 11.5 Å². The Morgan fingerprint density at radius 3 is 2.82 bits per heavy atom. The Bertz CT molecular complexity index is 749. The topological polar surface area (TPSA) is 53.3 Å². The van der Waals surface area contributed by atoms with Gasteiger partial charge in [0.15, 0.2) is 6.61 Å². The van der Waals surface area contributed by atoms with Crippen LogP contribution in [0.3, 0.4) is 0 Å². The Hall–Kier alpha value is -2.80. The molecule has 110 valence electrons. The molecule has 2 aromatic rings. The normalized spacial score (nSPS) is 16.0. The number of benzene rings is 2. The molecule has 0 fully saturated rings. The first-order valence-corrected chi connectivity index (χ1v) is 7.22. The molecule has 2 aromatic carbocycles. The van der Waals surface area contributed by atoms with Crippen LogP contribution in [0.4, 0.5) is 5.69 Å². The minimum absolute atomic E-state index is 0.0721. The standard InChI is InChI=1S/C18H16N2O2/c1-13-10-14-6-2-4-8-16(14)20(13)18(21)12-22-17-9-5-3-7-15(17)11-19/h2-9,13H,10,12H2,1H3. The first-order chi connectivity index (χ1) is 10.7. The van der Waals surface area contributed by atoms with Gasteiger partial charge in [-0.1, -0.05) is 30.3 Å². The Labute approximate surface area is 129 Å². The summed E-state index contributed by atoms with van der Waals surface area (Å²) >= 11 is 0. The fraction of sp³-hybridized carbons (Fsp3) is 0.222. The predicted octanol–water partition coefficient (Wildman–Crippen LogP) is 2.91. The minimum Gasteiger partial charge on any atom is -0.482 e. The molecular weight excluding hydrogens is 276 g/mol. The van der Waals surface area contributed by atoms with Crippen LogP contribution in [0, 0.1) is 11.3 Å². The lowest BCUT2D eigenvalue weighted by molar-refractivity contribution is -0.120. The number of hydrogen-bond donors (Lipinski definition) is 0. The molecule has 0 spiro atoms. The smallest absolute Gasteiger partial charge is 0.265 e. The second kappa shape index (κ2) is 5.90. The molecule has 0 aromatic heterocycles. The monoisotopic (exact) mass is 292 g/mol. The van der Waals surface area contributed by atoms with E-state index in [0.717, 1.165) is 12.1 Å². The number of hydrogen-bond acceptors (Lipinski definition) is 3. The van der Waals surface area contributed by atoms with Gasteiger partial charge in [-0.15, -0.1) is 0 Å². The van der Waals surface area contributed by atoms with Crippen LogP contribution in [0.15, 0.2) is 48.5 Å². The Morgan fingerprint density at radius 2 is 2.00 bits per heavy atom. The highest BCUT2D eigenvalue weighted by atomic mass is 16.5. The van der Waals surface area contributed by atoms with Crippen LogP contribution < -0.4 is 9.64 Å². The van der Waals surface area contributed by atoms with Crippen molar-refractivity contribution in [3.8, 4) is 11.8 Å². The molecule has 1 amide bonds. The van der Waals surface area contributed by atoms with E-state index in [2.05, 4.69) is 6.07 Å². The summed E-state index contributed by atoms with van der Waals surface area (Å²) in [5.41, 5.74) is 2.57. The summed E-state index contributed by atoms with van der Waals surface area (Å²) in [4.78, 5) is 14.3. The van der Waals surface area contributed by atoms with E-state index in [0.29, 0.717) is 11.3 Å². The second-order valence-corrected chi connectivity index (χ2v) is 5.34.